The molecule has 0 amide bonds. The number of ether oxygens (including phenoxy) is 2. The first-order chi connectivity index (χ1) is 13.5. The third-order valence-corrected chi connectivity index (χ3v) is 4.97. The van der Waals surface area contributed by atoms with Gasteiger partial charge in [-0.1, -0.05) is 49.1 Å². The fraction of sp³-hybridized carbons (Fsp3) is 0.364. The minimum atomic E-state index is -1.56. The third kappa shape index (κ3) is 8.38. The summed E-state index contributed by atoms with van der Waals surface area (Å²) >= 11 is 1.65. The van der Waals surface area contributed by atoms with E-state index in [9.17, 15) is 9.59 Å². The van der Waals surface area contributed by atoms with Crippen molar-refractivity contribution in [1.29, 1.82) is 0 Å². The Morgan fingerprint density at radius 3 is 2.71 bits per heavy atom. The van der Waals surface area contributed by atoms with Crippen LogP contribution in [0.2, 0.25) is 0 Å². The van der Waals surface area contributed by atoms with Crippen LogP contribution in [-0.2, 0) is 32.1 Å². The van der Waals surface area contributed by atoms with Crippen molar-refractivity contribution in [2.24, 2.45) is 5.92 Å². The first-order valence-corrected chi connectivity index (χ1v) is 9.95. The highest BCUT2D eigenvalue weighted by Crippen LogP contribution is 2.19. The maximum Gasteiger partial charge on any atom is 0.417 e. The second kappa shape index (κ2) is 12.0. The number of carbonyl (C=O) groups is 2. The molecule has 0 saturated heterocycles. The van der Waals surface area contributed by atoms with Crippen molar-refractivity contribution in [2.45, 2.75) is 32.8 Å². The van der Waals surface area contributed by atoms with Gasteiger partial charge in [0.1, 0.15) is 0 Å². The van der Waals surface area contributed by atoms with Crippen molar-refractivity contribution in [3.05, 3.63) is 57.8 Å². The molecule has 148 valence electrons. The number of benzene rings is 1. The summed E-state index contributed by atoms with van der Waals surface area (Å²) < 4.78 is 10.3. The molecule has 1 atom stereocenters. The molecule has 1 aromatic carbocycles. The minimum absolute atomic E-state index is 0.0988. The largest absolute Gasteiger partial charge is 0.473 e. The van der Waals surface area contributed by atoms with Gasteiger partial charge in [0, 0.05) is 11.3 Å². The molecule has 6 heteroatoms. The van der Waals surface area contributed by atoms with Crippen LogP contribution in [0.25, 0.3) is 0 Å². The number of aryl methyl sites for hydroxylation is 1. The molecule has 0 aliphatic rings. The quantitative estimate of drug-likeness (QED) is 0.299. The van der Waals surface area contributed by atoms with Gasteiger partial charge in [0.15, 0.2) is 0 Å². The van der Waals surface area contributed by atoms with Gasteiger partial charge in [0.05, 0.1) is 24.7 Å². The van der Waals surface area contributed by atoms with Crippen LogP contribution in [0.5, 0.6) is 0 Å². The van der Waals surface area contributed by atoms with Crippen LogP contribution >= 0.6 is 11.3 Å². The van der Waals surface area contributed by atoms with Crippen molar-refractivity contribution >= 4 is 23.3 Å². The van der Waals surface area contributed by atoms with E-state index < -0.39 is 11.9 Å². The lowest BCUT2D eigenvalue weighted by Crippen LogP contribution is -2.19. The summed E-state index contributed by atoms with van der Waals surface area (Å²) in [5, 5.41) is 8.48. The van der Waals surface area contributed by atoms with Gasteiger partial charge in [0.2, 0.25) is 0 Å². The monoisotopic (exact) mass is 400 g/mol. The number of rotatable bonds is 9. The summed E-state index contributed by atoms with van der Waals surface area (Å²) in [6.45, 7) is 3.25. The van der Waals surface area contributed by atoms with Crippen molar-refractivity contribution < 1.29 is 24.2 Å². The Balaban J connectivity index is 1.63. The van der Waals surface area contributed by atoms with Crippen molar-refractivity contribution in [3.63, 3.8) is 0 Å². The Kier molecular flexibility index (Phi) is 9.26. The van der Waals surface area contributed by atoms with E-state index in [0.29, 0.717) is 19.6 Å². The van der Waals surface area contributed by atoms with E-state index in [1.54, 1.807) is 11.3 Å². The highest BCUT2D eigenvalue weighted by molar-refractivity contribution is 7.12. The standard InChI is InChI=1S/C22H24O5S/c1-17(15-27-22(25)21(23)24)10-11-20-13-12-19(28-20)9-5-6-14-26-16-18-7-3-2-4-8-18/h2-4,7-8,12-13,17H,6,10-11,14-16H2,1H3,(H,23,24). The Morgan fingerprint density at radius 2 is 1.96 bits per heavy atom. The first kappa shape index (κ1) is 21.7. The number of esters is 1. The summed E-state index contributed by atoms with van der Waals surface area (Å²) in [4.78, 5) is 23.6. The average molecular weight is 400 g/mol. The number of thiophene rings is 1. The molecule has 1 N–H and O–H groups in total. The van der Waals surface area contributed by atoms with Crippen LogP contribution < -0.4 is 0 Å². The molecule has 0 saturated carbocycles. The molecule has 0 bridgehead atoms. The lowest BCUT2D eigenvalue weighted by Gasteiger charge is -2.09. The summed E-state index contributed by atoms with van der Waals surface area (Å²) in [6.07, 6.45) is 2.35. The number of hydrogen-bond donors (Lipinski definition) is 1. The van der Waals surface area contributed by atoms with Crippen molar-refractivity contribution in [3.8, 4) is 11.8 Å². The highest BCUT2D eigenvalue weighted by Gasteiger charge is 2.14. The lowest BCUT2D eigenvalue weighted by molar-refractivity contribution is -0.164. The second-order valence-corrected chi connectivity index (χ2v) is 7.57. The lowest BCUT2D eigenvalue weighted by atomic mass is 10.1. The zero-order chi connectivity index (χ0) is 20.2. The maximum absolute atomic E-state index is 10.9. The zero-order valence-corrected chi connectivity index (χ0v) is 16.7. The molecule has 1 heterocycles. The van der Waals surface area contributed by atoms with Crippen LogP contribution in [0.3, 0.4) is 0 Å². The predicted octanol–water partition coefficient (Wildman–Crippen LogP) is 3.90. The van der Waals surface area contributed by atoms with Crippen molar-refractivity contribution in [1.82, 2.24) is 0 Å². The van der Waals surface area contributed by atoms with E-state index in [1.165, 1.54) is 4.88 Å². The molecule has 0 radical (unpaired) electrons. The molecule has 0 spiro atoms. The van der Waals surface area contributed by atoms with Gasteiger partial charge >= 0.3 is 11.9 Å². The molecule has 0 fully saturated rings. The number of hydrogen-bond acceptors (Lipinski definition) is 5. The minimum Gasteiger partial charge on any atom is -0.473 e. The summed E-state index contributed by atoms with van der Waals surface area (Å²) in [5.41, 5.74) is 1.16. The average Bonchev–Trinajstić information content (AvgIpc) is 3.15. The second-order valence-electron chi connectivity index (χ2n) is 6.40. The Hall–Kier alpha value is -2.62. The summed E-state index contributed by atoms with van der Waals surface area (Å²) in [7, 11) is 0. The van der Waals surface area contributed by atoms with Gasteiger partial charge in [-0.3, -0.25) is 0 Å². The van der Waals surface area contributed by atoms with E-state index in [1.807, 2.05) is 43.3 Å². The highest BCUT2D eigenvalue weighted by atomic mass is 32.1. The predicted molar refractivity (Wildman–Crippen MR) is 108 cm³/mol. The van der Waals surface area contributed by atoms with Crippen molar-refractivity contribution in [2.75, 3.05) is 13.2 Å². The molecule has 1 aromatic heterocycles. The van der Waals surface area contributed by atoms with E-state index in [4.69, 9.17) is 14.6 Å². The Labute approximate surface area is 169 Å². The smallest absolute Gasteiger partial charge is 0.417 e. The fourth-order valence-corrected chi connectivity index (χ4v) is 3.27. The molecule has 0 aliphatic carbocycles. The fourth-order valence-electron chi connectivity index (χ4n) is 2.37. The van der Waals surface area contributed by atoms with E-state index >= 15 is 0 Å². The van der Waals surface area contributed by atoms with Gasteiger partial charge in [-0.25, -0.2) is 9.59 Å². The number of carboxylic acid groups (broad SMARTS) is 1. The summed E-state index contributed by atoms with van der Waals surface area (Å²) in [6, 6.07) is 14.1. The molecular formula is C22H24O5S. The molecule has 2 rings (SSSR count). The first-order valence-electron chi connectivity index (χ1n) is 9.14. The van der Waals surface area contributed by atoms with E-state index in [-0.39, 0.29) is 12.5 Å². The van der Waals surface area contributed by atoms with Gasteiger partial charge < -0.3 is 14.6 Å². The van der Waals surface area contributed by atoms with E-state index in [2.05, 4.69) is 17.9 Å². The molecular weight excluding hydrogens is 376 g/mol. The maximum atomic E-state index is 10.9. The number of carboxylic acids is 1. The van der Waals surface area contributed by atoms with Crippen LogP contribution in [0.15, 0.2) is 42.5 Å². The molecule has 0 aliphatic heterocycles. The van der Waals surface area contributed by atoms with Gasteiger partial charge in [0.25, 0.3) is 0 Å². The van der Waals surface area contributed by atoms with Gasteiger partial charge in [-0.05, 0) is 36.5 Å². The Bertz CT molecular complexity index is 816. The summed E-state index contributed by atoms with van der Waals surface area (Å²) in [5.74, 6) is 3.63. The zero-order valence-electron chi connectivity index (χ0n) is 15.8. The SMILES string of the molecule is CC(CCc1ccc(C#CCCOCc2ccccc2)s1)COC(=O)C(=O)O. The van der Waals surface area contributed by atoms with E-state index in [0.717, 1.165) is 23.3 Å². The topological polar surface area (TPSA) is 72.8 Å². The Morgan fingerprint density at radius 1 is 1.18 bits per heavy atom. The number of carbonyl (C=O) groups excluding carboxylic acids is 1. The molecule has 2 aromatic rings. The third-order valence-electron chi connectivity index (χ3n) is 3.91. The molecule has 28 heavy (non-hydrogen) atoms. The molecule has 5 nitrogen and oxygen atoms in total. The van der Waals surface area contributed by atoms with Gasteiger partial charge in [-0.15, -0.1) is 11.3 Å². The van der Waals surface area contributed by atoms with Gasteiger partial charge in [-0.2, -0.15) is 0 Å². The van der Waals surface area contributed by atoms with Crippen LogP contribution in [0.1, 0.15) is 35.1 Å². The number of aliphatic carboxylic acids is 1. The van der Waals surface area contributed by atoms with Crippen LogP contribution in [0.4, 0.5) is 0 Å². The normalized spacial score (nSPS) is 11.3. The van der Waals surface area contributed by atoms with Crippen LogP contribution in [0, 0.1) is 17.8 Å². The van der Waals surface area contributed by atoms with Crippen LogP contribution in [-0.4, -0.2) is 30.3 Å². The molecule has 1 unspecified atom stereocenters.